The second-order valence-electron chi connectivity index (χ2n) is 4.78. The minimum atomic E-state index is -3.26. The summed E-state index contributed by atoms with van der Waals surface area (Å²) in [5.41, 5.74) is 0. The van der Waals surface area contributed by atoms with Crippen molar-refractivity contribution in [3.8, 4) is 0 Å². The summed E-state index contributed by atoms with van der Waals surface area (Å²) in [7, 11) is 1.87. The summed E-state index contributed by atoms with van der Waals surface area (Å²) in [6, 6.07) is 0. The third-order valence-corrected chi connectivity index (χ3v) is 4.23. The van der Waals surface area contributed by atoms with E-state index in [4.69, 9.17) is 10.7 Å². The van der Waals surface area contributed by atoms with Crippen LogP contribution in [-0.2, 0) is 9.05 Å². The monoisotopic (exact) mass is 282 g/mol. The lowest BCUT2D eigenvalue weighted by atomic mass is 10.1. The number of rotatable bonds is 12. The van der Waals surface area contributed by atoms with Gasteiger partial charge in [-0.15, -0.1) is 0 Å². The zero-order valence-corrected chi connectivity index (χ0v) is 12.7. The maximum absolute atomic E-state index is 10.7. The van der Waals surface area contributed by atoms with Gasteiger partial charge in [-0.3, -0.25) is 0 Å². The van der Waals surface area contributed by atoms with E-state index in [1.54, 1.807) is 0 Å². The van der Waals surface area contributed by atoms with Crippen LogP contribution < -0.4 is 0 Å². The Labute approximate surface area is 112 Å². The van der Waals surface area contributed by atoms with Gasteiger partial charge in [0.15, 0.2) is 0 Å². The van der Waals surface area contributed by atoms with Crippen LogP contribution >= 0.6 is 10.7 Å². The lowest BCUT2D eigenvalue weighted by Crippen LogP contribution is -1.96. The van der Waals surface area contributed by atoms with Crippen molar-refractivity contribution in [1.82, 2.24) is 0 Å². The topological polar surface area (TPSA) is 34.1 Å². The molecule has 0 aliphatic carbocycles. The van der Waals surface area contributed by atoms with Crippen molar-refractivity contribution in [2.75, 3.05) is 5.75 Å². The van der Waals surface area contributed by atoms with Crippen molar-refractivity contribution in [1.29, 1.82) is 0 Å². The zero-order valence-electron chi connectivity index (χ0n) is 11.1. The maximum atomic E-state index is 10.7. The summed E-state index contributed by atoms with van der Waals surface area (Å²) in [5, 5.41) is 0. The summed E-state index contributed by atoms with van der Waals surface area (Å²) in [6.45, 7) is 2.24. The van der Waals surface area contributed by atoms with Crippen molar-refractivity contribution in [3.05, 3.63) is 0 Å². The highest BCUT2D eigenvalue weighted by molar-refractivity contribution is 8.13. The summed E-state index contributed by atoms with van der Waals surface area (Å²) < 4.78 is 21.3. The van der Waals surface area contributed by atoms with Gasteiger partial charge in [-0.05, 0) is 6.42 Å². The van der Waals surface area contributed by atoms with Gasteiger partial charge in [0.2, 0.25) is 9.05 Å². The molecule has 104 valence electrons. The highest BCUT2D eigenvalue weighted by atomic mass is 35.7. The molecule has 0 atom stereocenters. The van der Waals surface area contributed by atoms with Crippen LogP contribution in [0.2, 0.25) is 0 Å². The van der Waals surface area contributed by atoms with E-state index in [2.05, 4.69) is 6.92 Å². The predicted molar refractivity (Wildman–Crippen MR) is 76.1 cm³/mol. The Balaban J connectivity index is 3.04. The molecule has 0 radical (unpaired) electrons. The van der Waals surface area contributed by atoms with Crippen LogP contribution in [-0.4, -0.2) is 14.2 Å². The molecule has 0 spiro atoms. The molecule has 0 amide bonds. The summed E-state index contributed by atoms with van der Waals surface area (Å²) in [4.78, 5) is 0. The van der Waals surface area contributed by atoms with Gasteiger partial charge in [-0.2, -0.15) is 0 Å². The largest absolute Gasteiger partial charge is 0.232 e. The highest BCUT2D eigenvalue weighted by Gasteiger charge is 2.03. The second-order valence-corrected chi connectivity index (χ2v) is 7.68. The number of hydrogen-bond acceptors (Lipinski definition) is 2. The van der Waals surface area contributed by atoms with Crippen LogP contribution in [0, 0.1) is 0 Å². The molecule has 0 aliphatic rings. The van der Waals surface area contributed by atoms with Gasteiger partial charge in [0.05, 0.1) is 5.75 Å². The second kappa shape index (κ2) is 11.3. The third kappa shape index (κ3) is 16.2. The molecule has 0 N–H and O–H groups in total. The SMILES string of the molecule is CCCCCCCCCCCCCS(=O)(=O)Cl. The Morgan fingerprint density at radius 1 is 0.706 bits per heavy atom. The number of hydrogen-bond donors (Lipinski definition) is 0. The first-order valence-electron chi connectivity index (χ1n) is 6.98. The zero-order chi connectivity index (χ0) is 13.0. The molecule has 0 aliphatic heterocycles. The molecule has 0 heterocycles. The highest BCUT2D eigenvalue weighted by Crippen LogP contribution is 2.12. The maximum Gasteiger partial charge on any atom is 0.232 e. The minimum absolute atomic E-state index is 0.131. The molecule has 0 aromatic heterocycles. The van der Waals surface area contributed by atoms with E-state index in [1.807, 2.05) is 0 Å². The van der Waals surface area contributed by atoms with Gasteiger partial charge in [0.25, 0.3) is 0 Å². The van der Waals surface area contributed by atoms with E-state index < -0.39 is 9.05 Å². The molecular weight excluding hydrogens is 256 g/mol. The molecule has 0 aromatic rings. The van der Waals surface area contributed by atoms with Crippen molar-refractivity contribution in [2.24, 2.45) is 0 Å². The van der Waals surface area contributed by atoms with Crippen molar-refractivity contribution >= 4 is 19.7 Å². The standard InChI is InChI=1S/C13H27ClO2S/c1-2-3-4-5-6-7-8-9-10-11-12-13-17(14,15)16/h2-13H2,1H3. The van der Waals surface area contributed by atoms with Crippen molar-refractivity contribution < 1.29 is 8.42 Å². The number of halogens is 1. The first kappa shape index (κ1) is 17.2. The van der Waals surface area contributed by atoms with Crippen LogP contribution in [0.25, 0.3) is 0 Å². The Bertz CT molecular complexity index is 250. The van der Waals surface area contributed by atoms with E-state index >= 15 is 0 Å². The summed E-state index contributed by atoms with van der Waals surface area (Å²) in [6.07, 6.45) is 13.5. The van der Waals surface area contributed by atoms with E-state index in [9.17, 15) is 8.42 Å². The van der Waals surface area contributed by atoms with Crippen molar-refractivity contribution in [3.63, 3.8) is 0 Å². The first-order chi connectivity index (χ1) is 8.06. The quantitative estimate of drug-likeness (QED) is 0.378. The molecule has 0 unspecified atom stereocenters. The Morgan fingerprint density at radius 2 is 1.06 bits per heavy atom. The van der Waals surface area contributed by atoms with Gasteiger partial charge in [0, 0.05) is 10.7 Å². The fraction of sp³-hybridized carbons (Fsp3) is 1.00. The molecule has 2 nitrogen and oxygen atoms in total. The molecule has 0 aromatic carbocycles. The van der Waals surface area contributed by atoms with E-state index in [1.165, 1.54) is 51.4 Å². The molecule has 17 heavy (non-hydrogen) atoms. The average molecular weight is 283 g/mol. The van der Waals surface area contributed by atoms with E-state index in [0.29, 0.717) is 6.42 Å². The minimum Gasteiger partial charge on any atom is -0.212 e. The van der Waals surface area contributed by atoms with E-state index in [0.717, 1.165) is 12.8 Å². The van der Waals surface area contributed by atoms with Crippen LogP contribution in [0.15, 0.2) is 0 Å². The molecular formula is C13H27ClO2S. The first-order valence-corrected chi connectivity index (χ1v) is 9.46. The Morgan fingerprint density at radius 3 is 1.41 bits per heavy atom. The fourth-order valence-electron chi connectivity index (χ4n) is 1.94. The van der Waals surface area contributed by atoms with Gasteiger partial charge in [-0.1, -0.05) is 71.1 Å². The predicted octanol–water partition coefficient (Wildman–Crippen LogP) is 4.87. The lowest BCUT2D eigenvalue weighted by molar-refractivity contribution is 0.552. The van der Waals surface area contributed by atoms with Crippen LogP contribution in [0.4, 0.5) is 0 Å². The van der Waals surface area contributed by atoms with Crippen LogP contribution in [0.1, 0.15) is 77.6 Å². The molecule has 0 rings (SSSR count). The normalized spacial score (nSPS) is 11.9. The van der Waals surface area contributed by atoms with Crippen LogP contribution in [0.3, 0.4) is 0 Å². The Hall–Kier alpha value is 0.240. The Kier molecular flexibility index (Phi) is 11.5. The molecule has 0 bridgehead atoms. The molecule has 4 heteroatoms. The van der Waals surface area contributed by atoms with Gasteiger partial charge in [0.1, 0.15) is 0 Å². The van der Waals surface area contributed by atoms with Gasteiger partial charge in [-0.25, -0.2) is 8.42 Å². The molecule has 0 saturated carbocycles. The number of unbranched alkanes of at least 4 members (excludes halogenated alkanes) is 10. The smallest absolute Gasteiger partial charge is 0.212 e. The molecule has 0 saturated heterocycles. The molecule has 0 fully saturated rings. The van der Waals surface area contributed by atoms with Crippen molar-refractivity contribution in [2.45, 2.75) is 77.6 Å². The fourth-order valence-corrected chi connectivity index (χ4v) is 2.81. The lowest BCUT2D eigenvalue weighted by Gasteiger charge is -2.01. The van der Waals surface area contributed by atoms with Gasteiger partial charge >= 0.3 is 0 Å². The van der Waals surface area contributed by atoms with E-state index in [-0.39, 0.29) is 5.75 Å². The van der Waals surface area contributed by atoms with Gasteiger partial charge < -0.3 is 0 Å². The van der Waals surface area contributed by atoms with Crippen LogP contribution in [0.5, 0.6) is 0 Å². The summed E-state index contributed by atoms with van der Waals surface area (Å²) in [5.74, 6) is 0.131. The third-order valence-electron chi connectivity index (χ3n) is 2.99. The summed E-state index contributed by atoms with van der Waals surface area (Å²) >= 11 is 0. The average Bonchev–Trinajstić information content (AvgIpc) is 2.24.